The predicted octanol–water partition coefficient (Wildman–Crippen LogP) is -5.16. The third kappa shape index (κ3) is 37.6. The van der Waals surface area contributed by atoms with E-state index in [9.17, 15) is 0 Å². The number of nitrogens with one attached hydrogen (secondary N) is 1. The zero-order valence-corrected chi connectivity index (χ0v) is 14.9. The van der Waals surface area contributed by atoms with Gasteiger partial charge in [-0.2, -0.15) is 11.3 Å². The molecule has 0 bridgehead atoms. The third-order valence-corrected chi connectivity index (χ3v) is 0.701. The fourth-order valence-electron chi connectivity index (χ4n) is 0.0886. The summed E-state index contributed by atoms with van der Waals surface area (Å²) in [6, 6.07) is 1.45. The van der Waals surface area contributed by atoms with Crippen LogP contribution in [0.2, 0.25) is 0 Å². The van der Waals surface area contributed by atoms with Crippen molar-refractivity contribution < 1.29 is 59.1 Å². The minimum absolute atomic E-state index is 0. The van der Waals surface area contributed by atoms with Crippen LogP contribution in [0.4, 0.5) is 0 Å². The third-order valence-electron chi connectivity index (χ3n) is 0.304. The molecule has 1 N–H and O–H groups in total. The number of hydrogen-bond acceptors (Lipinski definition) is 4. The van der Waals surface area contributed by atoms with Crippen molar-refractivity contribution in [1.29, 1.82) is 5.26 Å². The van der Waals surface area contributed by atoms with Gasteiger partial charge in [-0.05, 0) is 0 Å². The molecule has 0 aromatic carbocycles. The molecule has 0 heterocycles. The minimum Gasteiger partial charge on any atom is -0.433 e. The molecular weight excluding hydrogens is 278 g/mol. The molecule has 64 valence electrons. The van der Waals surface area contributed by atoms with Gasteiger partial charge in [0.05, 0.1) is 0 Å². The Kier molecular flexibility index (Phi) is 35.0. The molecule has 0 amide bonds. The van der Waals surface area contributed by atoms with E-state index in [1.54, 1.807) is 6.19 Å². The zero-order chi connectivity index (χ0) is 9.98. The molecular formula is C4H2N4Na2S4. The monoisotopic (exact) mass is 280 g/mol. The summed E-state index contributed by atoms with van der Waals surface area (Å²) >= 11 is 16.3. The quantitative estimate of drug-likeness (QED) is 0.0883. The first kappa shape index (κ1) is 24.6. The molecule has 10 heteroatoms. The second-order valence-electron chi connectivity index (χ2n) is 1.02. The van der Waals surface area contributed by atoms with Gasteiger partial charge in [-0.15, -0.1) is 16.9 Å². The number of aliphatic imine (C=N–C) groups is 1. The van der Waals surface area contributed by atoms with E-state index in [2.05, 4.69) is 60.0 Å². The molecule has 0 aromatic rings. The van der Waals surface area contributed by atoms with E-state index >= 15 is 0 Å². The predicted molar refractivity (Wildman–Crippen MR) is 61.1 cm³/mol. The van der Waals surface area contributed by atoms with Gasteiger partial charge in [0.2, 0.25) is 0 Å². The Balaban J connectivity index is -0.0000000625. The molecule has 0 rings (SSSR count). The largest absolute Gasteiger partial charge is 1.00 e. The van der Waals surface area contributed by atoms with Gasteiger partial charge in [0.25, 0.3) is 0 Å². The summed E-state index contributed by atoms with van der Waals surface area (Å²) in [5, 5.41) is 17.5. The Morgan fingerprint density at radius 3 is 1.93 bits per heavy atom. The Morgan fingerprint density at radius 2 is 1.93 bits per heavy atom. The Hall–Kier alpha value is 1.42. The summed E-state index contributed by atoms with van der Waals surface area (Å²) in [6.07, 6.45) is 1.60. The summed E-state index contributed by atoms with van der Waals surface area (Å²) in [7, 11) is 0. The fraction of sp³-hybridized carbons (Fsp3) is 0. The molecule has 14 heavy (non-hydrogen) atoms. The maximum Gasteiger partial charge on any atom is 1.00 e. The number of rotatable bonds is 0. The van der Waals surface area contributed by atoms with E-state index < -0.39 is 0 Å². The topological polar surface area (TPSA) is 70.5 Å². The summed E-state index contributed by atoms with van der Waals surface area (Å²) in [4.78, 5) is 2.98. The standard InChI is InChI=1S/C2H2N2S2.C2HN2S2.2Na/c2*3-1-4-2(5)6;;/h(H2,4,5,6);(H,5,6);;/q;-1;2*+1/p-1. The van der Waals surface area contributed by atoms with E-state index in [-0.39, 0.29) is 67.8 Å². The van der Waals surface area contributed by atoms with Gasteiger partial charge in [-0.25, -0.2) is 0 Å². The molecule has 0 fully saturated rings. The van der Waals surface area contributed by atoms with Crippen molar-refractivity contribution in [2.45, 2.75) is 0 Å². The first-order valence-electron chi connectivity index (χ1n) is 2.23. The summed E-state index contributed by atoms with van der Waals surface area (Å²) < 4.78 is 0.176. The fourth-order valence-corrected chi connectivity index (χ4v) is 0.266. The molecule has 0 unspecified atom stereocenters. The van der Waals surface area contributed by atoms with Gasteiger partial charge >= 0.3 is 59.1 Å². The number of nitriles is 1. The summed E-state index contributed by atoms with van der Waals surface area (Å²) in [6.45, 7) is 0. The first-order chi connectivity index (χ1) is 5.54. The van der Waals surface area contributed by atoms with Crippen LogP contribution >= 0.6 is 37.1 Å². The van der Waals surface area contributed by atoms with Crippen LogP contribution in [0.5, 0.6) is 0 Å². The average Bonchev–Trinajstić information content (AvgIpc) is 1.87. The summed E-state index contributed by atoms with van der Waals surface area (Å²) in [5.74, 6) is 0. The van der Waals surface area contributed by atoms with E-state index in [0.29, 0.717) is 0 Å². The van der Waals surface area contributed by atoms with E-state index in [4.69, 9.17) is 10.7 Å². The zero-order valence-electron chi connectivity index (χ0n) is 7.51. The van der Waals surface area contributed by atoms with Gasteiger partial charge in [0, 0.05) is 0 Å². The van der Waals surface area contributed by atoms with Crippen molar-refractivity contribution in [2.24, 2.45) is 4.99 Å². The normalized spacial score (nSPS) is 5.14. The van der Waals surface area contributed by atoms with E-state index in [1.807, 2.05) is 0 Å². The van der Waals surface area contributed by atoms with Crippen molar-refractivity contribution in [3.8, 4) is 6.19 Å². The minimum atomic E-state index is -0.0301. The van der Waals surface area contributed by atoms with Gasteiger partial charge in [-0.3, -0.25) is 5.32 Å². The number of nitrogens with zero attached hydrogens (tertiary/aromatic N) is 3. The van der Waals surface area contributed by atoms with Crippen LogP contribution in [0.15, 0.2) is 4.99 Å². The second kappa shape index (κ2) is 19.9. The van der Waals surface area contributed by atoms with Crippen molar-refractivity contribution >= 4 is 64.3 Å². The number of hydrogen-bond donors (Lipinski definition) is 2. The van der Waals surface area contributed by atoms with Crippen LogP contribution < -0.4 is 64.4 Å². The van der Waals surface area contributed by atoms with Gasteiger partial charge in [-0.1, -0.05) is 12.2 Å². The second-order valence-corrected chi connectivity index (χ2v) is 3.21. The van der Waals surface area contributed by atoms with Crippen molar-refractivity contribution in [3.63, 3.8) is 0 Å². The van der Waals surface area contributed by atoms with Crippen LogP contribution in [-0.2, 0) is 12.6 Å². The van der Waals surface area contributed by atoms with Gasteiger partial charge in [0.1, 0.15) is 4.32 Å². The number of thiol groups is 1. The van der Waals surface area contributed by atoms with Crippen molar-refractivity contribution in [2.75, 3.05) is 0 Å². The molecule has 0 spiro atoms. The molecule has 0 atom stereocenters. The van der Waals surface area contributed by atoms with Crippen LogP contribution in [0.3, 0.4) is 0 Å². The molecule has 0 aliphatic heterocycles. The van der Waals surface area contributed by atoms with Gasteiger partial charge < -0.3 is 35.2 Å². The number of thiocarbonyl (C=S) groups is 2. The molecule has 0 aliphatic rings. The Bertz CT molecular complexity index is 257. The molecule has 0 aliphatic carbocycles. The maximum atomic E-state index is 7.74. The van der Waals surface area contributed by atoms with E-state index in [1.165, 1.54) is 6.01 Å². The Labute approximate surface area is 148 Å². The van der Waals surface area contributed by atoms with Gasteiger partial charge in [0.15, 0.2) is 6.19 Å². The molecule has 4 nitrogen and oxygen atoms in total. The molecule has 0 radical (unpaired) electrons. The SMILES string of the molecule is N#CNC(=S)S.[N-]=C=NC(=S)[S-].[Na+].[Na+]. The van der Waals surface area contributed by atoms with Crippen LogP contribution in [0, 0.1) is 11.5 Å². The van der Waals surface area contributed by atoms with Crippen LogP contribution in [0.1, 0.15) is 0 Å². The van der Waals surface area contributed by atoms with E-state index in [0.717, 1.165) is 0 Å². The first-order valence-corrected chi connectivity index (χ1v) is 3.90. The molecule has 0 aromatic heterocycles. The molecule has 0 saturated carbocycles. The van der Waals surface area contributed by atoms with Crippen molar-refractivity contribution in [3.05, 3.63) is 5.41 Å². The average molecular weight is 280 g/mol. The maximum absolute atomic E-state index is 7.74. The van der Waals surface area contributed by atoms with Crippen molar-refractivity contribution in [1.82, 2.24) is 5.32 Å². The summed E-state index contributed by atoms with van der Waals surface area (Å²) in [5.41, 5.74) is 0. The molecule has 0 saturated heterocycles. The van der Waals surface area contributed by atoms with Crippen LogP contribution in [0.25, 0.3) is 5.41 Å². The Morgan fingerprint density at radius 1 is 1.50 bits per heavy atom. The van der Waals surface area contributed by atoms with Crippen LogP contribution in [-0.4, -0.2) is 14.6 Å². The smallest absolute Gasteiger partial charge is 0.433 e.